The lowest BCUT2D eigenvalue weighted by molar-refractivity contribution is 0.756. The lowest BCUT2D eigenvalue weighted by Gasteiger charge is -2.07. The SMILES string of the molecule is Cc1nn(C)cc1-c1cc(Cl)ccc1CN. The number of hydrogen-bond acceptors (Lipinski definition) is 2. The molecule has 0 aliphatic heterocycles. The summed E-state index contributed by atoms with van der Waals surface area (Å²) in [5.41, 5.74) is 9.95. The summed E-state index contributed by atoms with van der Waals surface area (Å²) < 4.78 is 1.80. The maximum Gasteiger partial charge on any atom is 0.0672 e. The Labute approximate surface area is 99.8 Å². The number of nitrogens with zero attached hydrogens (tertiary/aromatic N) is 2. The van der Waals surface area contributed by atoms with E-state index < -0.39 is 0 Å². The van der Waals surface area contributed by atoms with Crippen LogP contribution in [0, 0.1) is 6.92 Å². The highest BCUT2D eigenvalue weighted by Crippen LogP contribution is 2.28. The van der Waals surface area contributed by atoms with E-state index in [2.05, 4.69) is 5.10 Å². The lowest BCUT2D eigenvalue weighted by atomic mass is 10.0. The quantitative estimate of drug-likeness (QED) is 0.869. The smallest absolute Gasteiger partial charge is 0.0672 e. The molecule has 16 heavy (non-hydrogen) atoms. The number of benzene rings is 1. The first-order chi connectivity index (χ1) is 7.61. The molecule has 1 aromatic heterocycles. The van der Waals surface area contributed by atoms with E-state index in [-0.39, 0.29) is 0 Å². The average molecular weight is 236 g/mol. The average Bonchev–Trinajstić information content (AvgIpc) is 2.57. The predicted molar refractivity (Wildman–Crippen MR) is 66.3 cm³/mol. The van der Waals surface area contributed by atoms with Gasteiger partial charge in [0.15, 0.2) is 0 Å². The third-order valence-electron chi connectivity index (χ3n) is 2.60. The van der Waals surface area contributed by atoms with E-state index in [9.17, 15) is 0 Å². The molecule has 1 aromatic carbocycles. The molecule has 2 N–H and O–H groups in total. The molecular weight excluding hydrogens is 222 g/mol. The Hall–Kier alpha value is -1.32. The number of rotatable bonds is 2. The van der Waals surface area contributed by atoms with Crippen molar-refractivity contribution < 1.29 is 0 Å². The van der Waals surface area contributed by atoms with Crippen LogP contribution in [0.15, 0.2) is 24.4 Å². The number of aromatic nitrogens is 2. The van der Waals surface area contributed by atoms with E-state index in [1.165, 1.54) is 0 Å². The molecule has 2 rings (SSSR count). The van der Waals surface area contributed by atoms with Gasteiger partial charge in [-0.2, -0.15) is 5.10 Å². The molecule has 0 saturated carbocycles. The van der Waals surface area contributed by atoms with E-state index in [1.54, 1.807) is 4.68 Å². The fraction of sp³-hybridized carbons (Fsp3) is 0.250. The second kappa shape index (κ2) is 4.28. The summed E-state index contributed by atoms with van der Waals surface area (Å²) in [5.74, 6) is 0. The van der Waals surface area contributed by atoms with E-state index >= 15 is 0 Å². The van der Waals surface area contributed by atoms with Crippen molar-refractivity contribution in [3.05, 3.63) is 40.7 Å². The molecule has 0 saturated heterocycles. The zero-order chi connectivity index (χ0) is 11.7. The summed E-state index contributed by atoms with van der Waals surface area (Å²) in [7, 11) is 1.91. The van der Waals surface area contributed by atoms with Crippen molar-refractivity contribution in [3.8, 4) is 11.1 Å². The van der Waals surface area contributed by atoms with Crippen LogP contribution in [0.1, 0.15) is 11.3 Å². The molecule has 1 heterocycles. The highest BCUT2D eigenvalue weighted by atomic mass is 35.5. The third-order valence-corrected chi connectivity index (χ3v) is 2.83. The Morgan fingerprint density at radius 1 is 1.38 bits per heavy atom. The molecule has 4 heteroatoms. The molecule has 0 radical (unpaired) electrons. The van der Waals surface area contributed by atoms with Crippen molar-refractivity contribution in [2.45, 2.75) is 13.5 Å². The van der Waals surface area contributed by atoms with Gasteiger partial charge in [0, 0.05) is 30.4 Å². The highest BCUT2D eigenvalue weighted by Gasteiger charge is 2.10. The first-order valence-corrected chi connectivity index (χ1v) is 5.48. The van der Waals surface area contributed by atoms with Gasteiger partial charge in [0.25, 0.3) is 0 Å². The van der Waals surface area contributed by atoms with Crippen LogP contribution in [-0.2, 0) is 13.6 Å². The van der Waals surface area contributed by atoms with Gasteiger partial charge in [-0.15, -0.1) is 0 Å². The van der Waals surface area contributed by atoms with Crippen LogP contribution in [0.3, 0.4) is 0 Å². The zero-order valence-corrected chi connectivity index (χ0v) is 10.1. The molecule has 0 atom stereocenters. The number of aryl methyl sites for hydroxylation is 2. The van der Waals surface area contributed by atoms with Crippen LogP contribution in [0.5, 0.6) is 0 Å². The molecule has 0 spiro atoms. The van der Waals surface area contributed by atoms with Crippen LogP contribution < -0.4 is 5.73 Å². The van der Waals surface area contributed by atoms with Crippen LogP contribution in [0.4, 0.5) is 0 Å². The second-order valence-electron chi connectivity index (χ2n) is 3.81. The van der Waals surface area contributed by atoms with Crippen molar-refractivity contribution in [2.24, 2.45) is 12.8 Å². The van der Waals surface area contributed by atoms with Gasteiger partial charge in [-0.25, -0.2) is 0 Å². The number of hydrogen-bond donors (Lipinski definition) is 1. The number of halogens is 1. The predicted octanol–water partition coefficient (Wildman–Crippen LogP) is 2.51. The monoisotopic (exact) mass is 235 g/mol. The fourth-order valence-electron chi connectivity index (χ4n) is 1.84. The van der Waals surface area contributed by atoms with Crippen molar-refractivity contribution in [1.29, 1.82) is 0 Å². The van der Waals surface area contributed by atoms with Gasteiger partial charge < -0.3 is 5.73 Å². The van der Waals surface area contributed by atoms with E-state index in [0.717, 1.165) is 27.4 Å². The molecule has 3 nitrogen and oxygen atoms in total. The zero-order valence-electron chi connectivity index (χ0n) is 9.37. The fourth-order valence-corrected chi connectivity index (χ4v) is 2.01. The Morgan fingerprint density at radius 2 is 2.12 bits per heavy atom. The topological polar surface area (TPSA) is 43.8 Å². The molecule has 0 fully saturated rings. The summed E-state index contributed by atoms with van der Waals surface area (Å²) >= 11 is 6.01. The minimum atomic E-state index is 0.501. The first-order valence-electron chi connectivity index (χ1n) is 5.11. The van der Waals surface area contributed by atoms with Crippen LogP contribution >= 0.6 is 11.6 Å². The summed E-state index contributed by atoms with van der Waals surface area (Å²) in [6, 6.07) is 5.76. The highest BCUT2D eigenvalue weighted by molar-refractivity contribution is 6.30. The Bertz CT molecular complexity index is 517. The maximum absolute atomic E-state index is 6.01. The molecule has 0 aliphatic rings. The molecule has 0 aliphatic carbocycles. The van der Waals surface area contributed by atoms with Gasteiger partial charge in [0.2, 0.25) is 0 Å². The molecular formula is C12H14ClN3. The van der Waals surface area contributed by atoms with E-state index in [4.69, 9.17) is 17.3 Å². The van der Waals surface area contributed by atoms with Crippen LogP contribution in [-0.4, -0.2) is 9.78 Å². The minimum absolute atomic E-state index is 0.501. The van der Waals surface area contributed by atoms with Gasteiger partial charge >= 0.3 is 0 Å². The molecule has 0 amide bonds. The summed E-state index contributed by atoms with van der Waals surface area (Å²) in [6.07, 6.45) is 1.99. The Kier molecular flexibility index (Phi) is 2.99. The van der Waals surface area contributed by atoms with Crippen molar-refractivity contribution in [2.75, 3.05) is 0 Å². The molecule has 2 aromatic rings. The van der Waals surface area contributed by atoms with Gasteiger partial charge in [-0.3, -0.25) is 4.68 Å². The molecule has 0 unspecified atom stereocenters. The van der Waals surface area contributed by atoms with Crippen molar-refractivity contribution >= 4 is 11.6 Å². The summed E-state index contributed by atoms with van der Waals surface area (Å²) in [6.45, 7) is 2.48. The minimum Gasteiger partial charge on any atom is -0.326 e. The van der Waals surface area contributed by atoms with E-state index in [0.29, 0.717) is 6.54 Å². The van der Waals surface area contributed by atoms with Crippen LogP contribution in [0.2, 0.25) is 5.02 Å². The summed E-state index contributed by atoms with van der Waals surface area (Å²) in [4.78, 5) is 0. The molecule has 84 valence electrons. The van der Waals surface area contributed by atoms with Gasteiger partial charge in [0.05, 0.1) is 5.69 Å². The number of nitrogens with two attached hydrogens (primary N) is 1. The van der Waals surface area contributed by atoms with Gasteiger partial charge in [-0.05, 0) is 30.2 Å². The third kappa shape index (κ3) is 1.96. The second-order valence-corrected chi connectivity index (χ2v) is 4.24. The maximum atomic E-state index is 6.01. The summed E-state index contributed by atoms with van der Waals surface area (Å²) in [5, 5.41) is 5.04. The van der Waals surface area contributed by atoms with Crippen molar-refractivity contribution in [1.82, 2.24) is 9.78 Å². The normalized spacial score (nSPS) is 10.8. The Balaban J connectivity index is 2.62. The standard InChI is InChI=1S/C12H14ClN3/c1-8-12(7-16(2)15-8)11-5-10(13)4-3-9(11)6-14/h3-5,7H,6,14H2,1-2H3. The van der Waals surface area contributed by atoms with Crippen LogP contribution in [0.25, 0.3) is 11.1 Å². The molecule has 0 bridgehead atoms. The largest absolute Gasteiger partial charge is 0.326 e. The lowest BCUT2D eigenvalue weighted by Crippen LogP contribution is -1.99. The van der Waals surface area contributed by atoms with E-state index in [1.807, 2.05) is 38.4 Å². The first kappa shape index (κ1) is 11.2. The van der Waals surface area contributed by atoms with Gasteiger partial charge in [0.1, 0.15) is 0 Å². The van der Waals surface area contributed by atoms with Crippen molar-refractivity contribution in [3.63, 3.8) is 0 Å². The Morgan fingerprint density at radius 3 is 2.69 bits per heavy atom. The van der Waals surface area contributed by atoms with Gasteiger partial charge in [-0.1, -0.05) is 17.7 Å².